The molecule has 0 aliphatic carbocycles. The second-order valence-corrected chi connectivity index (χ2v) is 4.78. The maximum absolute atomic E-state index is 5.74. The van der Waals surface area contributed by atoms with Crippen LogP contribution >= 0.6 is 11.6 Å². The molecule has 2 unspecified atom stereocenters. The van der Waals surface area contributed by atoms with Gasteiger partial charge in [0.05, 0.1) is 0 Å². The summed E-state index contributed by atoms with van der Waals surface area (Å²) in [6, 6.07) is 0. The summed E-state index contributed by atoms with van der Waals surface area (Å²) in [5.74, 6) is 2.57. The molecule has 0 saturated carbocycles. The Hall–Kier alpha value is 0.250. The SMILES string of the molecule is CCC(C)CN1CCC(CCCl)C1. The lowest BCUT2D eigenvalue weighted by atomic mass is 10.1. The molecule has 0 aromatic heterocycles. The van der Waals surface area contributed by atoms with Gasteiger partial charge in [-0.3, -0.25) is 0 Å². The van der Waals surface area contributed by atoms with Crippen LogP contribution in [0.5, 0.6) is 0 Å². The van der Waals surface area contributed by atoms with E-state index >= 15 is 0 Å². The van der Waals surface area contributed by atoms with Gasteiger partial charge in [-0.15, -0.1) is 11.6 Å². The third-order valence-electron chi connectivity index (χ3n) is 3.15. The van der Waals surface area contributed by atoms with Crippen molar-refractivity contribution in [2.45, 2.75) is 33.1 Å². The standard InChI is InChI=1S/C11H22ClN/c1-3-10(2)8-13-7-5-11(9-13)4-6-12/h10-11H,3-9H2,1-2H3. The fourth-order valence-corrected chi connectivity index (χ4v) is 2.35. The second kappa shape index (κ2) is 5.87. The second-order valence-electron chi connectivity index (χ2n) is 4.41. The van der Waals surface area contributed by atoms with Crippen LogP contribution in [0.1, 0.15) is 33.1 Å². The largest absolute Gasteiger partial charge is 0.303 e. The van der Waals surface area contributed by atoms with E-state index in [4.69, 9.17) is 11.6 Å². The first-order valence-corrected chi connectivity index (χ1v) is 6.08. The topological polar surface area (TPSA) is 3.24 Å². The Labute approximate surface area is 87.4 Å². The lowest BCUT2D eigenvalue weighted by Gasteiger charge is -2.19. The molecule has 1 aliphatic rings. The van der Waals surface area contributed by atoms with E-state index in [1.807, 2.05) is 0 Å². The summed E-state index contributed by atoms with van der Waals surface area (Å²) in [4.78, 5) is 2.60. The molecule has 1 saturated heterocycles. The Balaban J connectivity index is 2.17. The number of hydrogen-bond donors (Lipinski definition) is 0. The molecule has 13 heavy (non-hydrogen) atoms. The first-order valence-electron chi connectivity index (χ1n) is 5.54. The van der Waals surface area contributed by atoms with Crippen molar-refractivity contribution in [3.8, 4) is 0 Å². The maximum Gasteiger partial charge on any atom is 0.0226 e. The molecular formula is C11H22ClN. The van der Waals surface area contributed by atoms with E-state index in [0.29, 0.717) is 0 Å². The van der Waals surface area contributed by atoms with E-state index < -0.39 is 0 Å². The Bertz CT molecular complexity index is 138. The summed E-state index contributed by atoms with van der Waals surface area (Å²) in [5.41, 5.74) is 0. The molecule has 1 aliphatic heterocycles. The molecule has 0 aromatic rings. The highest BCUT2D eigenvalue weighted by atomic mass is 35.5. The third kappa shape index (κ3) is 3.86. The van der Waals surface area contributed by atoms with Gasteiger partial charge in [-0.25, -0.2) is 0 Å². The van der Waals surface area contributed by atoms with Crippen LogP contribution in [0.4, 0.5) is 0 Å². The van der Waals surface area contributed by atoms with Crippen LogP contribution in [0.25, 0.3) is 0 Å². The zero-order valence-corrected chi connectivity index (χ0v) is 9.69. The fraction of sp³-hybridized carbons (Fsp3) is 1.00. The highest BCUT2D eigenvalue weighted by molar-refractivity contribution is 6.17. The van der Waals surface area contributed by atoms with Crippen LogP contribution in [0.15, 0.2) is 0 Å². The van der Waals surface area contributed by atoms with Crippen LogP contribution in [0.2, 0.25) is 0 Å². The first kappa shape index (κ1) is 11.3. The first-order chi connectivity index (χ1) is 6.26. The van der Waals surface area contributed by atoms with Crippen molar-refractivity contribution in [3.05, 3.63) is 0 Å². The van der Waals surface area contributed by atoms with Crippen molar-refractivity contribution in [2.75, 3.05) is 25.5 Å². The summed E-state index contributed by atoms with van der Waals surface area (Å²) >= 11 is 5.74. The van der Waals surface area contributed by atoms with Gasteiger partial charge in [-0.05, 0) is 31.2 Å². The maximum atomic E-state index is 5.74. The van der Waals surface area contributed by atoms with E-state index in [2.05, 4.69) is 18.7 Å². The summed E-state index contributed by atoms with van der Waals surface area (Å²) in [6.07, 6.45) is 3.87. The van der Waals surface area contributed by atoms with E-state index in [1.54, 1.807) is 0 Å². The average Bonchev–Trinajstić information content (AvgIpc) is 2.53. The normalized spacial score (nSPS) is 26.5. The summed E-state index contributed by atoms with van der Waals surface area (Å²) in [6.45, 7) is 8.49. The van der Waals surface area contributed by atoms with E-state index in [1.165, 1.54) is 38.9 Å². The Morgan fingerprint density at radius 3 is 2.92 bits per heavy atom. The van der Waals surface area contributed by atoms with Gasteiger partial charge in [0, 0.05) is 19.0 Å². The Morgan fingerprint density at radius 1 is 1.54 bits per heavy atom. The molecule has 0 bridgehead atoms. The molecule has 0 aromatic carbocycles. The minimum atomic E-state index is 0.835. The van der Waals surface area contributed by atoms with Crippen molar-refractivity contribution in [1.29, 1.82) is 0 Å². The minimum absolute atomic E-state index is 0.835. The van der Waals surface area contributed by atoms with Crippen molar-refractivity contribution in [2.24, 2.45) is 11.8 Å². The van der Waals surface area contributed by atoms with E-state index in [-0.39, 0.29) is 0 Å². The van der Waals surface area contributed by atoms with Crippen molar-refractivity contribution in [3.63, 3.8) is 0 Å². The Morgan fingerprint density at radius 2 is 2.31 bits per heavy atom. The van der Waals surface area contributed by atoms with Gasteiger partial charge in [0.2, 0.25) is 0 Å². The quantitative estimate of drug-likeness (QED) is 0.621. The van der Waals surface area contributed by atoms with Crippen LogP contribution in [0.3, 0.4) is 0 Å². The molecule has 78 valence electrons. The van der Waals surface area contributed by atoms with Crippen LogP contribution in [-0.4, -0.2) is 30.4 Å². The number of hydrogen-bond acceptors (Lipinski definition) is 1. The number of likely N-dealkylation sites (tertiary alicyclic amines) is 1. The minimum Gasteiger partial charge on any atom is -0.303 e. The number of rotatable bonds is 5. The summed E-state index contributed by atoms with van der Waals surface area (Å²) in [5, 5.41) is 0. The van der Waals surface area contributed by atoms with Gasteiger partial charge in [-0.2, -0.15) is 0 Å². The number of alkyl halides is 1. The predicted octanol–water partition coefficient (Wildman–Crippen LogP) is 2.98. The van der Waals surface area contributed by atoms with Gasteiger partial charge in [0.1, 0.15) is 0 Å². The zero-order chi connectivity index (χ0) is 9.68. The number of halogens is 1. The van der Waals surface area contributed by atoms with Gasteiger partial charge in [0.15, 0.2) is 0 Å². The average molecular weight is 204 g/mol. The molecular weight excluding hydrogens is 182 g/mol. The smallest absolute Gasteiger partial charge is 0.0226 e. The van der Waals surface area contributed by atoms with Gasteiger partial charge in [0.25, 0.3) is 0 Å². The van der Waals surface area contributed by atoms with Crippen molar-refractivity contribution in [1.82, 2.24) is 4.90 Å². The fourth-order valence-electron chi connectivity index (χ4n) is 2.04. The highest BCUT2D eigenvalue weighted by Crippen LogP contribution is 2.21. The van der Waals surface area contributed by atoms with Gasteiger partial charge in [-0.1, -0.05) is 20.3 Å². The number of nitrogens with zero attached hydrogens (tertiary/aromatic N) is 1. The van der Waals surface area contributed by atoms with Crippen molar-refractivity contribution >= 4 is 11.6 Å². The molecule has 2 heteroatoms. The van der Waals surface area contributed by atoms with E-state index in [0.717, 1.165) is 17.7 Å². The molecule has 1 nitrogen and oxygen atoms in total. The van der Waals surface area contributed by atoms with Gasteiger partial charge < -0.3 is 4.90 Å². The molecule has 1 heterocycles. The highest BCUT2D eigenvalue weighted by Gasteiger charge is 2.22. The Kier molecular flexibility index (Phi) is 5.12. The van der Waals surface area contributed by atoms with Crippen LogP contribution < -0.4 is 0 Å². The molecule has 0 amide bonds. The van der Waals surface area contributed by atoms with Crippen molar-refractivity contribution < 1.29 is 0 Å². The molecule has 0 radical (unpaired) electrons. The molecule has 2 atom stereocenters. The zero-order valence-electron chi connectivity index (χ0n) is 8.93. The summed E-state index contributed by atoms with van der Waals surface area (Å²) < 4.78 is 0. The predicted molar refractivity (Wildman–Crippen MR) is 59.3 cm³/mol. The lowest BCUT2D eigenvalue weighted by Crippen LogP contribution is -2.26. The molecule has 1 fully saturated rings. The molecule has 0 spiro atoms. The third-order valence-corrected chi connectivity index (χ3v) is 3.37. The molecule has 1 rings (SSSR count). The monoisotopic (exact) mass is 203 g/mol. The summed E-state index contributed by atoms with van der Waals surface area (Å²) in [7, 11) is 0. The van der Waals surface area contributed by atoms with E-state index in [9.17, 15) is 0 Å². The lowest BCUT2D eigenvalue weighted by molar-refractivity contribution is 0.273. The van der Waals surface area contributed by atoms with Gasteiger partial charge >= 0.3 is 0 Å². The van der Waals surface area contributed by atoms with Crippen LogP contribution in [0, 0.1) is 11.8 Å². The van der Waals surface area contributed by atoms with Crippen LogP contribution in [-0.2, 0) is 0 Å². The molecule has 0 N–H and O–H groups in total.